The predicted octanol–water partition coefficient (Wildman–Crippen LogP) is 7.19. The Balaban J connectivity index is 0. The molecule has 334 valence electrons. The van der Waals surface area contributed by atoms with E-state index in [1.807, 2.05) is 60.7 Å². The lowest BCUT2D eigenvalue weighted by atomic mass is 10.2. The lowest BCUT2D eigenvalue weighted by Crippen LogP contribution is -2.45. The Morgan fingerprint density at radius 2 is 1.14 bits per heavy atom. The van der Waals surface area contributed by atoms with Crippen LogP contribution in [0.3, 0.4) is 0 Å². The van der Waals surface area contributed by atoms with Crippen molar-refractivity contribution in [1.82, 2.24) is 15.1 Å². The van der Waals surface area contributed by atoms with Crippen molar-refractivity contribution in [1.29, 1.82) is 0 Å². The van der Waals surface area contributed by atoms with Crippen LogP contribution >= 0.6 is 0 Å². The van der Waals surface area contributed by atoms with E-state index in [-0.39, 0.29) is 39.5 Å². The summed E-state index contributed by atoms with van der Waals surface area (Å²) in [5, 5.41) is 2.63. The highest BCUT2D eigenvalue weighted by Gasteiger charge is 2.29. The van der Waals surface area contributed by atoms with E-state index in [2.05, 4.69) is 5.32 Å². The zero-order chi connectivity index (χ0) is 46.1. The Labute approximate surface area is 347 Å². The van der Waals surface area contributed by atoms with E-state index in [9.17, 15) is 37.1 Å². The monoisotopic (exact) mass is 845 g/mol. The summed E-state index contributed by atoms with van der Waals surface area (Å²) in [6.45, 7) is 16.3. The minimum atomic E-state index is -4.64. The quantitative estimate of drug-likeness (QED) is 0.0706. The van der Waals surface area contributed by atoms with E-state index in [0.29, 0.717) is 32.8 Å². The van der Waals surface area contributed by atoms with E-state index in [0.717, 1.165) is 11.1 Å². The Hall–Kier alpha value is -5.39. The van der Waals surface area contributed by atoms with Crippen LogP contribution in [0.4, 0.5) is 27.6 Å². The maximum atomic E-state index is 12.6. The van der Waals surface area contributed by atoms with Gasteiger partial charge in [-0.1, -0.05) is 74.5 Å². The maximum absolute atomic E-state index is 12.6. The lowest BCUT2D eigenvalue weighted by molar-refractivity contribution is -0.156. The van der Waals surface area contributed by atoms with Crippen LogP contribution in [0.15, 0.2) is 60.7 Å². The van der Waals surface area contributed by atoms with Crippen LogP contribution in [0.1, 0.15) is 87.6 Å². The summed E-state index contributed by atoms with van der Waals surface area (Å²) in [7, 11) is 0. The largest absolute Gasteiger partial charge is 0.464 e. The first kappa shape index (κ1) is 53.6. The van der Waals surface area contributed by atoms with Gasteiger partial charge in [0.05, 0.1) is 13.2 Å². The minimum absolute atomic E-state index is 0.0991. The number of ether oxygens (including phenoxy) is 5. The average molecular weight is 846 g/mol. The molecular weight excluding hydrogens is 781 g/mol. The fourth-order valence-electron chi connectivity index (χ4n) is 4.29. The zero-order valence-electron chi connectivity index (χ0n) is 36.4. The molecule has 0 fully saturated rings. The van der Waals surface area contributed by atoms with E-state index in [1.54, 1.807) is 55.4 Å². The zero-order valence-corrected chi connectivity index (χ0v) is 35.4. The number of hydrogen-bond acceptors (Lipinski definition) is 12. The van der Waals surface area contributed by atoms with Gasteiger partial charge in [0.2, 0.25) is 6.29 Å². The molecule has 18 heteroatoms. The molecule has 0 aliphatic carbocycles. The first-order valence-corrected chi connectivity index (χ1v) is 19.0. The Morgan fingerprint density at radius 1 is 0.763 bits per heavy atom. The molecule has 2 unspecified atom stereocenters. The highest BCUT2D eigenvalue weighted by molar-refractivity contribution is 5.81. The average Bonchev–Trinajstić information content (AvgIpc) is 3.19. The number of rotatable bonds is 17. The maximum Gasteiger partial charge on any atom is 0.446 e. The van der Waals surface area contributed by atoms with Gasteiger partial charge < -0.3 is 34.7 Å². The van der Waals surface area contributed by atoms with Crippen molar-refractivity contribution < 1.29 is 67.0 Å². The molecule has 0 aromatic heterocycles. The number of carbonyl (C=O) groups excluding carboxylic acids is 6. The summed E-state index contributed by atoms with van der Waals surface area (Å²) in [6.07, 6.45) is -6.39. The van der Waals surface area contributed by atoms with Gasteiger partial charge in [-0.2, -0.15) is 13.2 Å². The van der Waals surface area contributed by atoms with Gasteiger partial charge >= 0.3 is 36.4 Å². The van der Waals surface area contributed by atoms with Crippen LogP contribution in [-0.4, -0.2) is 110 Å². The number of amides is 3. The van der Waals surface area contributed by atoms with Crippen molar-refractivity contribution in [2.75, 3.05) is 39.4 Å². The number of hydrogen-bond donors (Lipinski definition) is 2. The number of carbonyl (C=O) groups is 6. The fourth-order valence-corrected chi connectivity index (χ4v) is 4.29. The Morgan fingerprint density at radius 3 is 1.46 bits per heavy atom. The highest BCUT2D eigenvalue weighted by Crippen LogP contribution is 2.12. The van der Waals surface area contributed by atoms with Crippen molar-refractivity contribution in [2.24, 2.45) is 5.73 Å². The molecule has 0 spiro atoms. The number of nitrogens with zero attached hydrogens (tertiary/aromatic N) is 2. The molecule has 0 radical (unpaired) electrons. The van der Waals surface area contributed by atoms with Crippen LogP contribution in [0, 0.1) is 0 Å². The number of esters is 2. The number of nitrogens with one attached hydrogen (secondary N) is 1. The second kappa shape index (κ2) is 31.6. The number of alkyl carbamates (subject to hydrolysis) is 1. The first-order chi connectivity index (χ1) is 28.2. The molecule has 0 aliphatic heterocycles. The van der Waals surface area contributed by atoms with Crippen LogP contribution in [-0.2, 0) is 51.3 Å². The third-order valence-electron chi connectivity index (χ3n) is 7.05. The molecule has 0 heterocycles. The van der Waals surface area contributed by atoms with Gasteiger partial charge in [0, 0.05) is 21.0 Å². The van der Waals surface area contributed by atoms with Crippen molar-refractivity contribution in [3.8, 4) is 0 Å². The van der Waals surface area contributed by atoms with E-state index in [1.165, 1.54) is 9.80 Å². The van der Waals surface area contributed by atoms with Crippen molar-refractivity contribution >= 4 is 36.5 Å². The summed E-state index contributed by atoms with van der Waals surface area (Å²) in [6, 6.07) is 17.1. The van der Waals surface area contributed by atoms with Crippen LogP contribution in [0.2, 0.25) is 0 Å². The van der Waals surface area contributed by atoms with E-state index in [4.69, 9.17) is 35.6 Å². The molecule has 15 nitrogen and oxygen atoms in total. The van der Waals surface area contributed by atoms with E-state index < -0.39 is 60.4 Å². The molecule has 3 amide bonds. The summed E-state index contributed by atoms with van der Waals surface area (Å²) in [4.78, 5) is 71.8. The Bertz CT molecular complexity index is 1500. The van der Waals surface area contributed by atoms with Crippen LogP contribution < -0.4 is 11.1 Å². The van der Waals surface area contributed by atoms with Crippen molar-refractivity contribution in [3.05, 3.63) is 71.8 Å². The normalized spacial score (nSPS) is 11.6. The summed E-state index contributed by atoms with van der Waals surface area (Å²) in [5.41, 5.74) is 6.63. The second-order valence-corrected chi connectivity index (χ2v) is 12.9. The Kier molecular flexibility index (Phi) is 28.7. The molecule has 0 aliphatic rings. The first-order valence-electron chi connectivity index (χ1n) is 19.7. The van der Waals surface area contributed by atoms with Gasteiger partial charge in [-0.15, -0.1) is 0 Å². The topological polar surface area (TPSA) is 193 Å². The van der Waals surface area contributed by atoms with Gasteiger partial charge in [0.1, 0.15) is 30.9 Å². The molecule has 2 rings (SSSR count). The molecule has 2 atom stereocenters. The second-order valence-electron chi connectivity index (χ2n) is 12.9. The van der Waals surface area contributed by atoms with E-state index >= 15 is 0 Å². The van der Waals surface area contributed by atoms with Gasteiger partial charge in [-0.05, 0) is 79.0 Å². The third kappa shape index (κ3) is 27.8. The van der Waals surface area contributed by atoms with Crippen LogP contribution in [0.25, 0.3) is 0 Å². The minimum Gasteiger partial charge on any atom is -0.464 e. The van der Waals surface area contributed by atoms with Crippen LogP contribution in [0.5, 0.6) is 0 Å². The lowest BCUT2D eigenvalue weighted by Gasteiger charge is -2.27. The van der Waals surface area contributed by atoms with Gasteiger partial charge in [-0.25, -0.2) is 24.0 Å². The summed E-state index contributed by atoms with van der Waals surface area (Å²) >= 11 is 0. The van der Waals surface area contributed by atoms with Gasteiger partial charge in [0.15, 0.2) is 0 Å². The van der Waals surface area contributed by atoms with Crippen molar-refractivity contribution in [2.45, 2.75) is 112 Å². The standard InChI is InChI=1S/C21H32N2O6.C16H24N2O4.C2HF3O.C2H6/c1-6-27-18(24)16(2)23(14-10-13-22-19(25)29-21(3,4)5)20(26)28-15-17-11-8-7-9-12-17;1-3-21-15(19)13(2)18(11-7-10-17)16(20)22-12-14-8-5-4-6-9-14;3-2(4,5)1-6;1-2/h7-9,11-12,16H,6,10,13-15H2,1-5H3,(H,22,25);4-6,8-9,13H,3,7,10-12,17H2,1-2H3;1H;1-2H3/i;;;1D. The molecule has 3 N–H and O–H groups in total. The van der Waals surface area contributed by atoms with Crippen molar-refractivity contribution in [3.63, 3.8) is 0 Å². The molecule has 0 saturated carbocycles. The van der Waals surface area contributed by atoms with Gasteiger partial charge in [-0.3, -0.25) is 14.6 Å². The number of nitrogens with two attached hydrogens (primary N) is 1. The summed E-state index contributed by atoms with van der Waals surface area (Å²) < 4.78 is 63.2. The molecule has 2 aromatic carbocycles. The smallest absolute Gasteiger partial charge is 0.446 e. The number of halogens is 3. The molecule has 59 heavy (non-hydrogen) atoms. The third-order valence-corrected chi connectivity index (χ3v) is 7.05. The molecule has 2 aromatic rings. The number of alkyl halides is 3. The molecule has 0 saturated heterocycles. The summed E-state index contributed by atoms with van der Waals surface area (Å²) in [5.74, 6) is -0.958. The van der Waals surface area contributed by atoms with Gasteiger partial charge in [0.25, 0.3) is 0 Å². The highest BCUT2D eigenvalue weighted by atomic mass is 19.4. The predicted molar refractivity (Wildman–Crippen MR) is 215 cm³/mol. The number of aldehydes is 1. The fraction of sp³-hybridized carbons (Fsp3) is 0.561. The molecular formula is C41H63F3N4O11. The molecule has 0 bridgehead atoms. The number of benzene rings is 2. The SMILES string of the molecule is CCOC(=O)C(C)N(CCCN)C(=O)OCc1ccccc1.CCOC(=O)C(C)N(CCCNC(=O)OC(C)(C)C)C(=O)OCc1ccccc1.O=CC(F)(F)F.[2H]CC.